The summed E-state index contributed by atoms with van der Waals surface area (Å²) in [5.41, 5.74) is 2.56. The zero-order valence-corrected chi connectivity index (χ0v) is 16.4. The molecule has 0 bridgehead atoms. The lowest BCUT2D eigenvalue weighted by Gasteiger charge is -2.30. The Labute approximate surface area is 161 Å². The molecular weight excluding hydrogens is 362 g/mol. The van der Waals surface area contributed by atoms with Crippen LogP contribution in [-0.4, -0.2) is 44.0 Å². The van der Waals surface area contributed by atoms with Gasteiger partial charge in [0.05, 0.1) is 16.8 Å². The highest BCUT2D eigenvalue weighted by Crippen LogP contribution is 2.29. The average Bonchev–Trinajstić information content (AvgIpc) is 3.29. The third-order valence-corrected chi connectivity index (χ3v) is 6.03. The van der Waals surface area contributed by atoms with Crippen molar-refractivity contribution >= 4 is 17.2 Å². The second-order valence-electron chi connectivity index (χ2n) is 6.94. The van der Waals surface area contributed by atoms with Crippen molar-refractivity contribution in [2.45, 2.75) is 39.5 Å². The van der Waals surface area contributed by atoms with Gasteiger partial charge in [0.15, 0.2) is 5.82 Å². The average molecular weight is 383 g/mol. The molecule has 0 aliphatic carbocycles. The number of aryl methyl sites for hydroxylation is 3. The normalized spacial score (nSPS) is 17.3. The first kappa shape index (κ1) is 17.8. The monoisotopic (exact) mass is 383 g/mol. The van der Waals surface area contributed by atoms with E-state index in [4.69, 9.17) is 4.52 Å². The standard InChI is InChI=1S/C19H21N5O2S/c1-11-7-16(27-13(11)3)19(25)24-6-4-5-14(10-24)17-22-18(26-23-17)15-9-20-12(2)8-21-15/h7-9,14H,4-6,10H2,1-3H3/t14-/m0/s1. The van der Waals surface area contributed by atoms with Gasteiger partial charge in [-0.05, 0) is 45.2 Å². The van der Waals surface area contributed by atoms with Gasteiger partial charge < -0.3 is 9.42 Å². The van der Waals surface area contributed by atoms with Crippen LogP contribution in [0, 0.1) is 20.8 Å². The minimum absolute atomic E-state index is 0.0702. The Bertz CT molecular complexity index is 943. The van der Waals surface area contributed by atoms with Crippen LogP contribution in [0.25, 0.3) is 11.6 Å². The van der Waals surface area contributed by atoms with Crippen molar-refractivity contribution in [1.82, 2.24) is 25.0 Å². The van der Waals surface area contributed by atoms with Crippen molar-refractivity contribution in [3.05, 3.63) is 45.3 Å². The number of carbonyl (C=O) groups is 1. The van der Waals surface area contributed by atoms with E-state index >= 15 is 0 Å². The molecule has 4 heterocycles. The first-order chi connectivity index (χ1) is 13.0. The first-order valence-corrected chi connectivity index (χ1v) is 9.82. The first-order valence-electron chi connectivity index (χ1n) is 9.00. The fourth-order valence-electron chi connectivity index (χ4n) is 3.21. The van der Waals surface area contributed by atoms with Gasteiger partial charge in [-0.25, -0.2) is 4.98 Å². The highest BCUT2D eigenvalue weighted by atomic mass is 32.1. The van der Waals surface area contributed by atoms with E-state index in [1.807, 2.05) is 31.7 Å². The maximum atomic E-state index is 12.9. The third-order valence-electron chi connectivity index (χ3n) is 4.89. The van der Waals surface area contributed by atoms with Crippen molar-refractivity contribution in [1.29, 1.82) is 0 Å². The quantitative estimate of drug-likeness (QED) is 0.688. The number of likely N-dealkylation sites (tertiary alicyclic amines) is 1. The molecule has 7 nitrogen and oxygen atoms in total. The van der Waals surface area contributed by atoms with Gasteiger partial charge in [0, 0.05) is 30.1 Å². The molecule has 0 unspecified atom stereocenters. The topological polar surface area (TPSA) is 85.0 Å². The van der Waals surface area contributed by atoms with Crippen LogP contribution in [0.4, 0.5) is 0 Å². The maximum absolute atomic E-state index is 12.9. The van der Waals surface area contributed by atoms with Crippen LogP contribution in [0.2, 0.25) is 0 Å². The zero-order valence-electron chi connectivity index (χ0n) is 15.6. The predicted molar refractivity (Wildman–Crippen MR) is 102 cm³/mol. The second-order valence-corrected chi connectivity index (χ2v) is 8.20. The smallest absolute Gasteiger partial charge is 0.278 e. The maximum Gasteiger partial charge on any atom is 0.278 e. The molecule has 4 rings (SSSR count). The van der Waals surface area contributed by atoms with Crippen LogP contribution in [0.15, 0.2) is 23.0 Å². The fourth-order valence-corrected chi connectivity index (χ4v) is 4.22. The van der Waals surface area contributed by atoms with Gasteiger partial charge >= 0.3 is 0 Å². The number of aromatic nitrogens is 4. The molecule has 3 aromatic heterocycles. The van der Waals surface area contributed by atoms with Gasteiger partial charge in [0.25, 0.3) is 11.8 Å². The summed E-state index contributed by atoms with van der Waals surface area (Å²) in [5.74, 6) is 1.16. The summed E-state index contributed by atoms with van der Waals surface area (Å²) in [5, 5.41) is 4.13. The van der Waals surface area contributed by atoms with E-state index < -0.39 is 0 Å². The van der Waals surface area contributed by atoms with Crippen molar-refractivity contribution in [2.75, 3.05) is 13.1 Å². The van der Waals surface area contributed by atoms with E-state index in [-0.39, 0.29) is 11.8 Å². The van der Waals surface area contributed by atoms with E-state index in [0.29, 0.717) is 24.0 Å². The van der Waals surface area contributed by atoms with Crippen molar-refractivity contribution in [3.8, 4) is 11.6 Å². The number of rotatable bonds is 3. The summed E-state index contributed by atoms with van der Waals surface area (Å²) < 4.78 is 5.38. The van der Waals surface area contributed by atoms with Crippen molar-refractivity contribution in [3.63, 3.8) is 0 Å². The molecule has 27 heavy (non-hydrogen) atoms. The zero-order chi connectivity index (χ0) is 19.0. The molecule has 1 atom stereocenters. The molecule has 3 aromatic rings. The Morgan fingerprint density at radius 1 is 1.26 bits per heavy atom. The number of hydrogen-bond acceptors (Lipinski definition) is 7. The van der Waals surface area contributed by atoms with Gasteiger partial charge in [-0.2, -0.15) is 4.98 Å². The molecule has 0 saturated carbocycles. The number of thiophene rings is 1. The van der Waals surface area contributed by atoms with E-state index in [1.54, 1.807) is 23.7 Å². The van der Waals surface area contributed by atoms with Crippen LogP contribution >= 0.6 is 11.3 Å². The molecule has 0 N–H and O–H groups in total. The number of carbonyl (C=O) groups excluding carboxylic acids is 1. The Hall–Kier alpha value is -2.61. The molecular formula is C19H21N5O2S. The van der Waals surface area contributed by atoms with Gasteiger partial charge in [0.1, 0.15) is 5.69 Å². The van der Waals surface area contributed by atoms with Gasteiger partial charge in [0.2, 0.25) is 0 Å². The molecule has 8 heteroatoms. The molecule has 1 aliphatic rings. The predicted octanol–water partition coefficient (Wildman–Crippen LogP) is 3.53. The van der Waals surface area contributed by atoms with Gasteiger partial charge in [-0.3, -0.25) is 9.78 Å². The number of piperidine rings is 1. The summed E-state index contributed by atoms with van der Waals surface area (Å²) in [4.78, 5) is 29.7. The minimum Gasteiger partial charge on any atom is -0.337 e. The summed E-state index contributed by atoms with van der Waals surface area (Å²) in [6.45, 7) is 7.33. The molecule has 140 valence electrons. The highest BCUT2D eigenvalue weighted by molar-refractivity contribution is 7.14. The fraction of sp³-hybridized carbons (Fsp3) is 0.421. The van der Waals surface area contributed by atoms with Crippen LogP contribution in [0.5, 0.6) is 0 Å². The number of nitrogens with zero attached hydrogens (tertiary/aromatic N) is 5. The lowest BCUT2D eigenvalue weighted by atomic mass is 9.97. The lowest BCUT2D eigenvalue weighted by Crippen LogP contribution is -2.39. The Kier molecular flexibility index (Phi) is 4.73. The van der Waals surface area contributed by atoms with Gasteiger partial charge in [-0.1, -0.05) is 5.16 Å². The molecule has 0 aromatic carbocycles. The highest BCUT2D eigenvalue weighted by Gasteiger charge is 2.29. The van der Waals surface area contributed by atoms with E-state index in [0.717, 1.165) is 30.0 Å². The molecule has 0 radical (unpaired) electrons. The summed E-state index contributed by atoms with van der Waals surface area (Å²) in [6.07, 6.45) is 5.16. The SMILES string of the molecule is Cc1cnc(-c2nc([C@H]3CCCN(C(=O)c4cc(C)c(C)s4)C3)no2)cn1. The van der Waals surface area contributed by atoms with Crippen LogP contribution in [0.1, 0.15) is 50.4 Å². The second kappa shape index (κ2) is 7.19. The van der Waals surface area contributed by atoms with Crippen LogP contribution in [0.3, 0.4) is 0 Å². The Morgan fingerprint density at radius 3 is 2.81 bits per heavy atom. The molecule has 1 amide bonds. The lowest BCUT2D eigenvalue weighted by molar-refractivity contribution is 0.0708. The number of hydrogen-bond donors (Lipinski definition) is 0. The van der Waals surface area contributed by atoms with Crippen LogP contribution in [-0.2, 0) is 0 Å². The number of amides is 1. The Balaban J connectivity index is 1.50. The van der Waals surface area contributed by atoms with E-state index in [1.165, 1.54) is 10.4 Å². The Morgan fingerprint density at radius 2 is 2.11 bits per heavy atom. The van der Waals surface area contributed by atoms with Gasteiger partial charge in [-0.15, -0.1) is 11.3 Å². The molecule has 1 fully saturated rings. The van der Waals surface area contributed by atoms with Crippen LogP contribution < -0.4 is 0 Å². The minimum atomic E-state index is 0.0702. The third kappa shape index (κ3) is 3.62. The van der Waals surface area contributed by atoms with Crippen molar-refractivity contribution in [2.24, 2.45) is 0 Å². The summed E-state index contributed by atoms with van der Waals surface area (Å²) in [6, 6.07) is 1.98. The summed E-state index contributed by atoms with van der Waals surface area (Å²) in [7, 11) is 0. The molecule has 0 spiro atoms. The van der Waals surface area contributed by atoms with E-state index in [9.17, 15) is 4.79 Å². The summed E-state index contributed by atoms with van der Waals surface area (Å²) >= 11 is 1.56. The largest absolute Gasteiger partial charge is 0.337 e. The van der Waals surface area contributed by atoms with E-state index in [2.05, 4.69) is 20.1 Å². The molecule has 1 aliphatic heterocycles. The molecule has 1 saturated heterocycles. The van der Waals surface area contributed by atoms with Crippen molar-refractivity contribution < 1.29 is 9.32 Å².